The normalized spacial score (nSPS) is 43.0. The number of aromatic nitrogens is 1. The number of carbonyl (C=O) groups excluding carboxylic acids is 1. The molecule has 1 saturated heterocycles. The van der Waals surface area contributed by atoms with Crippen LogP contribution < -0.4 is 0 Å². The van der Waals surface area contributed by atoms with Gasteiger partial charge in [0.2, 0.25) is 0 Å². The van der Waals surface area contributed by atoms with Crippen molar-refractivity contribution < 1.29 is 19.4 Å². The van der Waals surface area contributed by atoms with Gasteiger partial charge in [0, 0.05) is 24.7 Å². The highest BCUT2D eigenvalue weighted by Crippen LogP contribution is 2.84. The van der Waals surface area contributed by atoms with Crippen LogP contribution in [0.25, 0.3) is 0 Å². The zero-order valence-electron chi connectivity index (χ0n) is 27.4. The number of carbonyl (C=O) groups is 2. The summed E-state index contributed by atoms with van der Waals surface area (Å²) in [5, 5.41) is 11.6. The number of aldehydes is 1. The van der Waals surface area contributed by atoms with Crippen molar-refractivity contribution >= 4 is 12.3 Å². The molecule has 5 aliphatic carbocycles. The predicted octanol–water partition coefficient (Wildman–Crippen LogP) is 7.18. The summed E-state index contributed by atoms with van der Waals surface area (Å²) in [5.41, 5.74) is -0.476. The zero-order chi connectivity index (χ0) is 30.9. The Morgan fingerprint density at radius 3 is 2.64 bits per heavy atom. The van der Waals surface area contributed by atoms with Gasteiger partial charge in [-0.15, -0.1) is 0 Å². The molecule has 4 unspecified atom stereocenters. The molecule has 0 spiro atoms. The first kappa shape index (κ1) is 30.6. The Labute approximate surface area is 264 Å². The van der Waals surface area contributed by atoms with Gasteiger partial charge in [0.15, 0.2) is 0 Å². The van der Waals surface area contributed by atoms with Crippen molar-refractivity contribution in [3.63, 3.8) is 0 Å². The van der Waals surface area contributed by atoms with Crippen LogP contribution in [0, 0.1) is 57.7 Å². The van der Waals surface area contributed by atoms with Crippen LogP contribution in [0.5, 0.6) is 0 Å². The molecule has 6 aliphatic rings. The third-order valence-corrected chi connectivity index (χ3v) is 14.0. The average molecular weight is 603 g/mol. The van der Waals surface area contributed by atoms with Crippen LogP contribution in [-0.2, 0) is 20.9 Å². The van der Waals surface area contributed by atoms with Crippen molar-refractivity contribution in [2.75, 3.05) is 13.6 Å². The summed E-state index contributed by atoms with van der Waals surface area (Å²) in [4.78, 5) is 34.6. The summed E-state index contributed by atoms with van der Waals surface area (Å²) in [7, 11) is 2.17. The van der Waals surface area contributed by atoms with Crippen molar-refractivity contribution in [3.05, 3.63) is 41.7 Å². The van der Waals surface area contributed by atoms with Gasteiger partial charge in [-0.25, -0.2) is 0 Å². The van der Waals surface area contributed by atoms with Crippen molar-refractivity contribution in [1.82, 2.24) is 9.88 Å². The quantitative estimate of drug-likeness (QED) is 0.226. The molecule has 5 fully saturated rings. The second kappa shape index (κ2) is 11.3. The average Bonchev–Trinajstić information content (AvgIpc) is 3.71. The van der Waals surface area contributed by atoms with Gasteiger partial charge in [0.05, 0.1) is 23.3 Å². The molecule has 1 aromatic heterocycles. The third-order valence-electron chi connectivity index (χ3n) is 14.0. The Morgan fingerprint density at radius 1 is 1.16 bits per heavy atom. The van der Waals surface area contributed by atoms with E-state index >= 15 is 0 Å². The van der Waals surface area contributed by atoms with E-state index in [1.807, 2.05) is 18.3 Å². The van der Waals surface area contributed by atoms with Gasteiger partial charge in [-0.1, -0.05) is 77.0 Å². The van der Waals surface area contributed by atoms with Gasteiger partial charge in [0.1, 0.15) is 11.7 Å². The fourth-order valence-corrected chi connectivity index (χ4v) is 12.4. The Hall–Kier alpha value is -2.05. The van der Waals surface area contributed by atoms with Gasteiger partial charge >= 0.3 is 5.97 Å². The maximum absolute atomic E-state index is 14.1. The molecule has 1 aliphatic heterocycles. The molecule has 2 heterocycles. The third kappa shape index (κ3) is 4.21. The molecule has 1 N–H and O–H groups in total. The second-order valence-corrected chi connectivity index (χ2v) is 16.3. The van der Waals surface area contributed by atoms with E-state index in [-0.39, 0.29) is 30.0 Å². The molecule has 240 valence electrons. The molecule has 7 rings (SSSR count). The maximum atomic E-state index is 14.1. The van der Waals surface area contributed by atoms with E-state index in [0.717, 1.165) is 62.2 Å². The molecule has 0 amide bonds. The minimum Gasteiger partial charge on any atom is -0.481 e. The first-order valence-corrected chi connectivity index (χ1v) is 17.8. The number of carboxylic acid groups (broad SMARTS) is 1. The van der Waals surface area contributed by atoms with Gasteiger partial charge in [-0.05, 0) is 92.7 Å². The lowest BCUT2D eigenvalue weighted by molar-refractivity contribution is -0.197. The van der Waals surface area contributed by atoms with Gasteiger partial charge < -0.3 is 14.6 Å². The highest BCUT2D eigenvalue weighted by atomic mass is 16.5. The molecule has 44 heavy (non-hydrogen) atoms. The van der Waals surface area contributed by atoms with Gasteiger partial charge in [-0.3, -0.25) is 14.7 Å². The highest BCUT2D eigenvalue weighted by Gasteiger charge is 2.86. The molecular formula is C38H54N2O4. The Bertz CT molecular complexity index is 1270. The first-order valence-electron chi connectivity index (χ1n) is 17.8. The van der Waals surface area contributed by atoms with Crippen LogP contribution in [0.2, 0.25) is 0 Å². The van der Waals surface area contributed by atoms with E-state index < -0.39 is 22.2 Å². The molecule has 6 nitrogen and oxygen atoms in total. The van der Waals surface area contributed by atoms with Crippen LogP contribution >= 0.6 is 0 Å². The zero-order valence-corrected chi connectivity index (χ0v) is 27.4. The predicted molar refractivity (Wildman–Crippen MR) is 171 cm³/mol. The fraction of sp³-hybridized carbons (Fsp3) is 0.763. The van der Waals surface area contributed by atoms with Gasteiger partial charge in [0.25, 0.3) is 0 Å². The largest absolute Gasteiger partial charge is 0.481 e. The van der Waals surface area contributed by atoms with Crippen LogP contribution in [0.4, 0.5) is 0 Å². The molecule has 10 atom stereocenters. The van der Waals surface area contributed by atoms with Crippen LogP contribution in [0.15, 0.2) is 36.0 Å². The number of ether oxygens (including phenoxy) is 1. The number of nitrogens with zero attached hydrogens (tertiary/aromatic N) is 2. The Morgan fingerprint density at radius 2 is 1.95 bits per heavy atom. The first-order chi connectivity index (χ1) is 21.2. The lowest BCUT2D eigenvalue weighted by Gasteiger charge is -2.60. The molecule has 0 aromatic carbocycles. The summed E-state index contributed by atoms with van der Waals surface area (Å²) >= 11 is 0. The molecule has 1 aromatic rings. The standard InChI is InChI=1S/C38H54N2O4/c1-24(2)32-18-28-19-36(23-41)31-14-13-25(3)30(31)20-37(28,38(32,36)35(42)43)34-17-27(16-26-10-6-5-7-11-26)33(44-34)22-40(4)21-29-12-8-9-15-39-29/h8-9,12,15,18,23-28,30-31,33-34H,5-7,10-11,13-14,16-17,19-22H2,1-4H3,(H,42,43)/t25-,27-,28?,30-,31-,33+,34-,36?,37?,38?/m1/s1. The summed E-state index contributed by atoms with van der Waals surface area (Å²) in [6.45, 7) is 8.22. The van der Waals surface area contributed by atoms with Crippen molar-refractivity contribution in [2.45, 2.75) is 110 Å². The summed E-state index contributed by atoms with van der Waals surface area (Å²) in [6.07, 6.45) is 17.6. The van der Waals surface area contributed by atoms with E-state index in [1.165, 1.54) is 38.5 Å². The number of pyridine rings is 1. The fourth-order valence-electron chi connectivity index (χ4n) is 12.4. The molecule has 4 bridgehead atoms. The summed E-state index contributed by atoms with van der Waals surface area (Å²) < 4.78 is 7.37. The van der Waals surface area contributed by atoms with E-state index in [1.54, 1.807) is 0 Å². The Kier molecular flexibility index (Phi) is 7.88. The molecule has 4 saturated carbocycles. The number of fused-ring (bicyclic) bond motifs is 2. The van der Waals surface area contributed by atoms with Gasteiger partial charge in [-0.2, -0.15) is 0 Å². The SMILES string of the molecule is CC(C)C1=CC2CC3(C=O)[C@@H]4CC[C@@H](C)[C@H]4CC2([C@H]2C[C@@H](CC4CCCCC4)[C@H](CN(C)Cc4ccccn4)O2)C13C(=O)O. The van der Waals surface area contributed by atoms with Crippen LogP contribution in [-0.4, -0.2) is 53.0 Å². The topological polar surface area (TPSA) is 79.7 Å². The minimum atomic E-state index is -1.17. The Balaban J connectivity index is 1.27. The number of rotatable bonds is 10. The molecule has 0 radical (unpaired) electrons. The van der Waals surface area contributed by atoms with E-state index in [0.29, 0.717) is 24.2 Å². The number of hydrogen-bond acceptors (Lipinski definition) is 5. The maximum Gasteiger partial charge on any atom is 0.315 e. The lowest BCUT2D eigenvalue weighted by Crippen LogP contribution is -2.65. The minimum absolute atomic E-state index is 0.0581. The van der Waals surface area contributed by atoms with Crippen LogP contribution in [0.3, 0.4) is 0 Å². The van der Waals surface area contributed by atoms with Crippen molar-refractivity contribution in [1.29, 1.82) is 0 Å². The highest BCUT2D eigenvalue weighted by molar-refractivity contribution is 5.90. The van der Waals surface area contributed by atoms with Crippen LogP contribution in [0.1, 0.15) is 97.1 Å². The molecule has 6 heteroatoms. The number of aliphatic carboxylic acids is 1. The lowest BCUT2D eigenvalue weighted by atomic mass is 9.41. The number of likely N-dealkylation sites (N-methyl/N-ethyl adjacent to an activating group) is 1. The monoisotopic (exact) mass is 602 g/mol. The van der Waals surface area contributed by atoms with E-state index in [9.17, 15) is 14.7 Å². The van der Waals surface area contributed by atoms with E-state index in [4.69, 9.17) is 4.74 Å². The summed E-state index contributed by atoms with van der Waals surface area (Å²) in [5.74, 6) is 1.62. The molecular weight excluding hydrogens is 548 g/mol. The second-order valence-electron chi connectivity index (χ2n) is 16.3. The van der Waals surface area contributed by atoms with Crippen molar-refractivity contribution in [2.24, 2.45) is 57.7 Å². The number of allylic oxidation sites excluding steroid dienone is 1. The number of hydrogen-bond donors (Lipinski definition) is 1. The van der Waals surface area contributed by atoms with E-state index in [2.05, 4.69) is 49.8 Å². The van der Waals surface area contributed by atoms with Crippen molar-refractivity contribution in [3.8, 4) is 0 Å². The number of carboxylic acids is 1. The smallest absolute Gasteiger partial charge is 0.315 e. The summed E-state index contributed by atoms with van der Waals surface area (Å²) in [6, 6.07) is 6.09.